The highest BCUT2D eigenvalue weighted by Crippen LogP contribution is 2.35. The summed E-state index contributed by atoms with van der Waals surface area (Å²) in [5.41, 5.74) is 1.38. The average Bonchev–Trinajstić information content (AvgIpc) is 2.78. The summed E-state index contributed by atoms with van der Waals surface area (Å²) in [6.45, 7) is 0.0953. The smallest absolute Gasteiger partial charge is 0.335 e. The third-order valence-electron chi connectivity index (χ3n) is 4.38. The van der Waals surface area contributed by atoms with Crippen LogP contribution in [-0.2, 0) is 11.4 Å². The predicted molar refractivity (Wildman–Crippen MR) is 123 cm³/mol. The number of nitriles is 1. The molecule has 9 heteroatoms. The van der Waals surface area contributed by atoms with E-state index in [1.165, 1.54) is 54.6 Å². The van der Waals surface area contributed by atoms with Gasteiger partial charge in [-0.15, -0.1) is 0 Å². The van der Waals surface area contributed by atoms with Gasteiger partial charge in [-0.05, 0) is 65.7 Å². The highest BCUT2D eigenvalue weighted by molar-refractivity contribution is 6.37. The van der Waals surface area contributed by atoms with Crippen molar-refractivity contribution in [1.29, 1.82) is 5.26 Å². The van der Waals surface area contributed by atoms with Gasteiger partial charge in [0, 0.05) is 5.69 Å². The Hall–Kier alpha value is -3.86. The van der Waals surface area contributed by atoms with Gasteiger partial charge in [-0.3, -0.25) is 4.79 Å². The van der Waals surface area contributed by atoms with E-state index in [1.807, 2.05) is 6.07 Å². The summed E-state index contributed by atoms with van der Waals surface area (Å²) in [6, 6.07) is 16.0. The third-order valence-corrected chi connectivity index (χ3v) is 4.94. The van der Waals surface area contributed by atoms with E-state index in [2.05, 4.69) is 5.32 Å². The molecule has 0 saturated heterocycles. The van der Waals surface area contributed by atoms with E-state index in [1.54, 1.807) is 12.1 Å². The lowest BCUT2D eigenvalue weighted by molar-refractivity contribution is -0.112. The quantitative estimate of drug-likeness (QED) is 0.318. The molecule has 0 aliphatic heterocycles. The van der Waals surface area contributed by atoms with Gasteiger partial charge >= 0.3 is 5.97 Å². The van der Waals surface area contributed by atoms with Crippen LogP contribution in [-0.4, -0.2) is 17.0 Å². The standard InChI is InChI=1S/C24H15Cl2FN2O4/c25-20-10-15(9-17(12-28)23(30)29-19-7-5-18(27)6-8-19)11-21(26)22(20)33-13-14-1-3-16(4-2-14)24(31)32/h1-11H,13H2,(H,29,30)(H,31,32)/b17-9+. The van der Waals surface area contributed by atoms with Gasteiger partial charge in [0.25, 0.3) is 5.91 Å². The molecule has 0 aromatic heterocycles. The van der Waals surface area contributed by atoms with E-state index >= 15 is 0 Å². The molecule has 6 nitrogen and oxygen atoms in total. The van der Waals surface area contributed by atoms with Gasteiger partial charge in [0.15, 0.2) is 5.75 Å². The zero-order valence-corrected chi connectivity index (χ0v) is 18.3. The predicted octanol–water partition coefficient (Wildman–Crippen LogP) is 5.96. The first-order valence-electron chi connectivity index (χ1n) is 9.39. The second kappa shape index (κ2) is 10.6. The summed E-state index contributed by atoms with van der Waals surface area (Å²) in [7, 11) is 0. The number of hydrogen-bond donors (Lipinski definition) is 2. The van der Waals surface area contributed by atoms with Crippen molar-refractivity contribution in [3.63, 3.8) is 0 Å². The molecule has 0 fully saturated rings. The first-order valence-corrected chi connectivity index (χ1v) is 10.1. The summed E-state index contributed by atoms with van der Waals surface area (Å²) in [5.74, 6) is -1.96. The van der Waals surface area contributed by atoms with E-state index in [9.17, 15) is 19.2 Å². The van der Waals surface area contributed by atoms with Gasteiger partial charge in [-0.2, -0.15) is 5.26 Å². The summed E-state index contributed by atoms with van der Waals surface area (Å²) in [5, 5.41) is 21.1. The molecule has 0 radical (unpaired) electrons. The Bertz CT molecular complexity index is 1240. The summed E-state index contributed by atoms with van der Waals surface area (Å²) >= 11 is 12.6. The lowest BCUT2D eigenvalue weighted by atomic mass is 10.1. The van der Waals surface area contributed by atoms with Crippen LogP contribution in [0.1, 0.15) is 21.5 Å². The van der Waals surface area contributed by atoms with Gasteiger partial charge in [-0.1, -0.05) is 35.3 Å². The molecule has 0 unspecified atom stereocenters. The highest BCUT2D eigenvalue weighted by atomic mass is 35.5. The van der Waals surface area contributed by atoms with Crippen LogP contribution in [0.2, 0.25) is 10.0 Å². The van der Waals surface area contributed by atoms with Crippen molar-refractivity contribution in [2.75, 3.05) is 5.32 Å². The number of nitrogens with one attached hydrogen (secondary N) is 1. The van der Waals surface area contributed by atoms with Crippen LogP contribution in [0.25, 0.3) is 6.08 Å². The number of nitrogens with zero attached hydrogens (tertiary/aromatic N) is 1. The Morgan fingerprint density at radius 2 is 1.67 bits per heavy atom. The van der Waals surface area contributed by atoms with Crippen LogP contribution in [0.3, 0.4) is 0 Å². The van der Waals surface area contributed by atoms with E-state index in [-0.39, 0.29) is 33.5 Å². The van der Waals surface area contributed by atoms with Crippen molar-refractivity contribution in [1.82, 2.24) is 0 Å². The fraction of sp³-hybridized carbons (Fsp3) is 0.0417. The Kier molecular flexibility index (Phi) is 7.67. The third kappa shape index (κ3) is 6.32. The van der Waals surface area contributed by atoms with Gasteiger partial charge in [0.2, 0.25) is 0 Å². The molecular formula is C24H15Cl2FN2O4. The van der Waals surface area contributed by atoms with Crippen molar-refractivity contribution in [3.8, 4) is 11.8 Å². The van der Waals surface area contributed by atoms with Gasteiger partial charge < -0.3 is 15.2 Å². The lowest BCUT2D eigenvalue weighted by Crippen LogP contribution is -2.13. The first kappa shape index (κ1) is 23.8. The summed E-state index contributed by atoms with van der Waals surface area (Å²) in [6.07, 6.45) is 1.31. The Morgan fingerprint density at radius 1 is 1.06 bits per heavy atom. The SMILES string of the molecule is N#C/C(=C\c1cc(Cl)c(OCc2ccc(C(=O)O)cc2)c(Cl)c1)C(=O)Nc1ccc(F)cc1. The Morgan fingerprint density at radius 3 is 2.21 bits per heavy atom. The second-order valence-electron chi connectivity index (χ2n) is 6.74. The van der Waals surface area contributed by atoms with Crippen LogP contribution < -0.4 is 10.1 Å². The van der Waals surface area contributed by atoms with Crippen molar-refractivity contribution in [2.45, 2.75) is 6.61 Å². The molecule has 0 aliphatic rings. The molecule has 0 heterocycles. The van der Waals surface area contributed by atoms with Crippen LogP contribution in [0.5, 0.6) is 5.75 Å². The minimum atomic E-state index is -1.03. The van der Waals surface area contributed by atoms with E-state index < -0.39 is 17.7 Å². The van der Waals surface area contributed by atoms with Crippen LogP contribution in [0, 0.1) is 17.1 Å². The number of carboxylic acid groups (broad SMARTS) is 1. The number of amides is 1. The summed E-state index contributed by atoms with van der Waals surface area (Å²) < 4.78 is 18.7. The zero-order chi connectivity index (χ0) is 24.0. The highest BCUT2D eigenvalue weighted by Gasteiger charge is 2.13. The monoisotopic (exact) mass is 484 g/mol. The number of halogens is 3. The molecule has 0 atom stereocenters. The minimum absolute atomic E-state index is 0.0953. The number of benzene rings is 3. The second-order valence-corrected chi connectivity index (χ2v) is 7.55. The molecule has 3 aromatic rings. The largest absolute Gasteiger partial charge is 0.486 e. The number of anilines is 1. The fourth-order valence-electron chi connectivity index (χ4n) is 2.75. The fourth-order valence-corrected chi connectivity index (χ4v) is 3.36. The lowest BCUT2D eigenvalue weighted by Gasteiger charge is -2.11. The normalized spacial score (nSPS) is 10.9. The molecule has 166 valence electrons. The Balaban J connectivity index is 1.74. The van der Waals surface area contributed by atoms with Gasteiger partial charge in [0.05, 0.1) is 15.6 Å². The van der Waals surface area contributed by atoms with Crippen molar-refractivity contribution in [3.05, 3.63) is 98.8 Å². The number of carbonyl (C=O) groups excluding carboxylic acids is 1. The van der Waals surface area contributed by atoms with Crippen molar-refractivity contribution < 1.29 is 23.8 Å². The van der Waals surface area contributed by atoms with Crippen LogP contribution in [0.4, 0.5) is 10.1 Å². The summed E-state index contributed by atoms with van der Waals surface area (Å²) in [4.78, 5) is 23.3. The molecule has 0 saturated carbocycles. The molecule has 3 rings (SSSR count). The molecule has 0 aliphatic carbocycles. The molecule has 1 amide bonds. The number of ether oxygens (including phenoxy) is 1. The zero-order valence-electron chi connectivity index (χ0n) is 16.8. The molecule has 33 heavy (non-hydrogen) atoms. The van der Waals surface area contributed by atoms with E-state index in [0.29, 0.717) is 16.8 Å². The van der Waals surface area contributed by atoms with E-state index in [4.69, 9.17) is 33.0 Å². The molecule has 0 spiro atoms. The average molecular weight is 485 g/mol. The van der Waals surface area contributed by atoms with Crippen LogP contribution >= 0.6 is 23.2 Å². The van der Waals surface area contributed by atoms with Crippen molar-refractivity contribution in [2.24, 2.45) is 0 Å². The molecule has 2 N–H and O–H groups in total. The van der Waals surface area contributed by atoms with Gasteiger partial charge in [0.1, 0.15) is 24.1 Å². The maximum Gasteiger partial charge on any atom is 0.335 e. The van der Waals surface area contributed by atoms with Gasteiger partial charge in [-0.25, -0.2) is 9.18 Å². The molecule has 0 bridgehead atoms. The number of hydrogen-bond acceptors (Lipinski definition) is 4. The maximum absolute atomic E-state index is 13.0. The first-order chi connectivity index (χ1) is 15.8. The number of aromatic carboxylic acids is 1. The van der Waals surface area contributed by atoms with E-state index in [0.717, 1.165) is 0 Å². The molecule has 3 aromatic carbocycles. The maximum atomic E-state index is 13.0. The van der Waals surface area contributed by atoms with Crippen molar-refractivity contribution >= 4 is 46.8 Å². The number of carboxylic acids is 1. The van der Waals surface area contributed by atoms with Crippen LogP contribution in [0.15, 0.2) is 66.2 Å². The Labute approximate surface area is 198 Å². The number of carbonyl (C=O) groups is 2. The number of rotatable bonds is 7. The molecular weight excluding hydrogens is 470 g/mol. The minimum Gasteiger partial charge on any atom is -0.486 e. The topological polar surface area (TPSA) is 99.4 Å².